The van der Waals surface area contributed by atoms with Crippen LogP contribution in [-0.4, -0.2) is 47.5 Å². The molecule has 2 aromatic carbocycles. The second-order valence-electron chi connectivity index (χ2n) is 9.71. The summed E-state index contributed by atoms with van der Waals surface area (Å²) in [5, 5.41) is 6.42. The van der Waals surface area contributed by atoms with Crippen LogP contribution in [0.15, 0.2) is 65.8 Å². The zero-order valence-electron chi connectivity index (χ0n) is 20.5. The normalized spacial score (nSPS) is 13.8. The average Bonchev–Trinajstić information content (AvgIpc) is 3.57. The summed E-state index contributed by atoms with van der Waals surface area (Å²) in [6.45, 7) is 4.97. The SMILES string of the molecule is CC(C)CNc1nc(-c2ccc(S(C)(=O)=O)cc2)cn2c(-c3ccc(C(=O)NC4CC4)cc3)cnc12. The second-order valence-corrected chi connectivity index (χ2v) is 11.7. The highest BCUT2D eigenvalue weighted by Crippen LogP contribution is 2.29. The van der Waals surface area contributed by atoms with Gasteiger partial charge in [0.1, 0.15) is 0 Å². The van der Waals surface area contributed by atoms with E-state index in [1.54, 1.807) is 30.5 Å². The van der Waals surface area contributed by atoms with Gasteiger partial charge in [0.25, 0.3) is 5.91 Å². The Balaban J connectivity index is 1.55. The van der Waals surface area contributed by atoms with Crippen molar-refractivity contribution in [3.8, 4) is 22.5 Å². The fraction of sp³-hybridized carbons (Fsp3) is 0.296. The molecule has 5 rings (SSSR count). The molecule has 0 saturated heterocycles. The van der Waals surface area contributed by atoms with Gasteiger partial charge in [0, 0.05) is 41.7 Å². The third-order valence-corrected chi connectivity index (χ3v) is 7.23. The molecule has 1 aliphatic rings. The lowest BCUT2D eigenvalue weighted by molar-refractivity contribution is 0.0951. The number of imidazole rings is 1. The molecule has 2 aromatic heterocycles. The highest BCUT2D eigenvalue weighted by atomic mass is 32.2. The van der Waals surface area contributed by atoms with Gasteiger partial charge in [0.15, 0.2) is 21.3 Å². The topological polar surface area (TPSA) is 105 Å². The maximum absolute atomic E-state index is 12.4. The van der Waals surface area contributed by atoms with Crippen molar-refractivity contribution in [3.05, 3.63) is 66.5 Å². The summed E-state index contributed by atoms with van der Waals surface area (Å²) in [5.74, 6) is 1.01. The number of hydrogen-bond acceptors (Lipinski definition) is 6. The molecule has 9 heteroatoms. The van der Waals surface area contributed by atoms with Crippen LogP contribution in [0.3, 0.4) is 0 Å². The maximum Gasteiger partial charge on any atom is 0.251 e. The zero-order valence-corrected chi connectivity index (χ0v) is 21.3. The molecule has 1 saturated carbocycles. The lowest BCUT2D eigenvalue weighted by Crippen LogP contribution is -2.25. The zero-order chi connectivity index (χ0) is 25.4. The van der Waals surface area contributed by atoms with Gasteiger partial charge in [0.05, 0.1) is 22.5 Å². The van der Waals surface area contributed by atoms with Crippen LogP contribution < -0.4 is 10.6 Å². The number of amides is 1. The van der Waals surface area contributed by atoms with Crippen LogP contribution in [0.2, 0.25) is 0 Å². The summed E-state index contributed by atoms with van der Waals surface area (Å²) >= 11 is 0. The van der Waals surface area contributed by atoms with Crippen molar-refractivity contribution in [1.82, 2.24) is 19.7 Å². The van der Waals surface area contributed by atoms with Gasteiger partial charge in [-0.25, -0.2) is 18.4 Å². The minimum absolute atomic E-state index is 0.0496. The van der Waals surface area contributed by atoms with E-state index in [2.05, 4.69) is 29.5 Å². The number of carbonyl (C=O) groups is 1. The summed E-state index contributed by atoms with van der Waals surface area (Å²) in [5.41, 5.74) is 4.59. The largest absolute Gasteiger partial charge is 0.367 e. The predicted octanol–water partition coefficient (Wildman–Crippen LogP) is 4.43. The summed E-state index contributed by atoms with van der Waals surface area (Å²) in [7, 11) is -3.29. The van der Waals surface area contributed by atoms with Gasteiger partial charge in [-0.05, 0) is 43.0 Å². The molecule has 4 aromatic rings. The molecular formula is C27H29N5O3S. The number of rotatable bonds is 8. The van der Waals surface area contributed by atoms with E-state index in [1.165, 1.54) is 6.26 Å². The molecule has 1 aliphatic carbocycles. The Hall–Kier alpha value is -3.72. The molecule has 2 heterocycles. The first kappa shape index (κ1) is 24.0. The average molecular weight is 504 g/mol. The Bertz CT molecular complexity index is 1520. The standard InChI is InChI=1S/C27H29N5O3S/c1-17(2)14-28-25-26-29-15-24(19-4-6-20(7-5-19)27(33)30-21-10-11-21)32(26)16-23(31-25)18-8-12-22(13-9-18)36(3,34)35/h4-9,12-13,15-17,21H,10-11,14H2,1-3H3,(H,28,31)(H,30,33). The maximum atomic E-state index is 12.4. The number of anilines is 1. The first-order chi connectivity index (χ1) is 17.2. The fourth-order valence-corrected chi connectivity index (χ4v) is 4.55. The Morgan fingerprint density at radius 1 is 1.06 bits per heavy atom. The van der Waals surface area contributed by atoms with E-state index in [1.807, 2.05) is 34.9 Å². The van der Waals surface area contributed by atoms with E-state index in [0.29, 0.717) is 34.7 Å². The van der Waals surface area contributed by atoms with Crippen LogP contribution in [0.5, 0.6) is 0 Å². The Morgan fingerprint density at radius 3 is 2.33 bits per heavy atom. The number of aromatic nitrogens is 3. The molecule has 0 unspecified atom stereocenters. The van der Waals surface area contributed by atoms with Crippen LogP contribution in [-0.2, 0) is 9.84 Å². The molecular weight excluding hydrogens is 474 g/mol. The molecule has 186 valence electrons. The lowest BCUT2D eigenvalue weighted by Gasteiger charge is -2.13. The minimum Gasteiger partial charge on any atom is -0.367 e. The van der Waals surface area contributed by atoms with Crippen LogP contribution in [0, 0.1) is 5.92 Å². The van der Waals surface area contributed by atoms with Gasteiger partial charge in [-0.3, -0.25) is 9.20 Å². The molecule has 1 amide bonds. The van der Waals surface area contributed by atoms with Crippen molar-refractivity contribution < 1.29 is 13.2 Å². The van der Waals surface area contributed by atoms with Crippen molar-refractivity contribution >= 4 is 27.2 Å². The number of fused-ring (bicyclic) bond motifs is 1. The molecule has 0 radical (unpaired) electrons. The van der Waals surface area contributed by atoms with E-state index in [9.17, 15) is 13.2 Å². The Kier molecular flexibility index (Phi) is 6.26. The van der Waals surface area contributed by atoms with Crippen molar-refractivity contribution in [2.24, 2.45) is 5.92 Å². The van der Waals surface area contributed by atoms with Gasteiger partial charge in [-0.2, -0.15) is 0 Å². The highest BCUT2D eigenvalue weighted by Gasteiger charge is 2.24. The molecule has 0 bridgehead atoms. The molecule has 1 fully saturated rings. The first-order valence-corrected chi connectivity index (χ1v) is 13.9. The van der Waals surface area contributed by atoms with Crippen LogP contribution >= 0.6 is 0 Å². The quantitative estimate of drug-likeness (QED) is 0.369. The predicted molar refractivity (Wildman–Crippen MR) is 141 cm³/mol. The number of carbonyl (C=O) groups excluding carboxylic acids is 1. The van der Waals surface area contributed by atoms with Crippen LogP contribution in [0.1, 0.15) is 37.0 Å². The van der Waals surface area contributed by atoms with E-state index in [-0.39, 0.29) is 10.8 Å². The van der Waals surface area contributed by atoms with Gasteiger partial charge >= 0.3 is 0 Å². The van der Waals surface area contributed by atoms with E-state index in [4.69, 9.17) is 4.98 Å². The number of nitrogens with zero attached hydrogens (tertiary/aromatic N) is 3. The van der Waals surface area contributed by atoms with Crippen LogP contribution in [0.25, 0.3) is 28.2 Å². The molecule has 0 atom stereocenters. The number of benzene rings is 2. The lowest BCUT2D eigenvalue weighted by atomic mass is 10.1. The molecule has 0 aliphatic heterocycles. The monoisotopic (exact) mass is 503 g/mol. The first-order valence-electron chi connectivity index (χ1n) is 12.0. The number of hydrogen-bond donors (Lipinski definition) is 2. The molecule has 8 nitrogen and oxygen atoms in total. The molecule has 36 heavy (non-hydrogen) atoms. The number of nitrogens with one attached hydrogen (secondary N) is 2. The van der Waals surface area contributed by atoms with Gasteiger partial charge in [0.2, 0.25) is 0 Å². The molecule has 2 N–H and O–H groups in total. The summed E-state index contributed by atoms with van der Waals surface area (Å²) in [6, 6.07) is 14.5. The van der Waals surface area contributed by atoms with E-state index < -0.39 is 9.84 Å². The minimum atomic E-state index is -3.29. The Morgan fingerprint density at radius 2 is 1.72 bits per heavy atom. The van der Waals surface area contributed by atoms with Gasteiger partial charge < -0.3 is 10.6 Å². The molecule has 0 spiro atoms. The smallest absolute Gasteiger partial charge is 0.251 e. The third-order valence-electron chi connectivity index (χ3n) is 6.10. The van der Waals surface area contributed by atoms with Crippen molar-refractivity contribution in [3.63, 3.8) is 0 Å². The summed E-state index contributed by atoms with van der Waals surface area (Å²) < 4.78 is 25.7. The summed E-state index contributed by atoms with van der Waals surface area (Å²) in [4.78, 5) is 22.1. The van der Waals surface area contributed by atoms with Gasteiger partial charge in [-0.15, -0.1) is 0 Å². The van der Waals surface area contributed by atoms with E-state index in [0.717, 1.165) is 36.2 Å². The van der Waals surface area contributed by atoms with Crippen molar-refractivity contribution in [2.75, 3.05) is 18.1 Å². The number of sulfone groups is 1. The summed E-state index contributed by atoms with van der Waals surface area (Å²) in [6.07, 6.45) is 6.99. The second kappa shape index (κ2) is 9.39. The van der Waals surface area contributed by atoms with E-state index >= 15 is 0 Å². The third kappa shape index (κ3) is 5.11. The van der Waals surface area contributed by atoms with Crippen molar-refractivity contribution in [2.45, 2.75) is 37.6 Å². The highest BCUT2D eigenvalue weighted by molar-refractivity contribution is 7.90. The van der Waals surface area contributed by atoms with Crippen molar-refractivity contribution in [1.29, 1.82) is 0 Å². The van der Waals surface area contributed by atoms with Crippen LogP contribution in [0.4, 0.5) is 5.82 Å². The Labute approximate surface area is 210 Å². The fourth-order valence-electron chi connectivity index (χ4n) is 3.92. The van der Waals surface area contributed by atoms with Gasteiger partial charge in [-0.1, -0.05) is 38.1 Å².